The minimum Gasteiger partial charge on any atom is -0.391 e. The molecule has 5 rings (SSSR count). The van der Waals surface area contributed by atoms with Crippen LogP contribution in [0.25, 0.3) is 11.0 Å². The second kappa shape index (κ2) is 7.96. The average molecular weight is 394 g/mol. The molecule has 1 aromatic carbocycles. The van der Waals surface area contributed by atoms with Crippen LogP contribution in [-0.2, 0) is 11.3 Å². The van der Waals surface area contributed by atoms with Gasteiger partial charge in [0.15, 0.2) is 11.6 Å². The molecule has 29 heavy (non-hydrogen) atoms. The summed E-state index contributed by atoms with van der Waals surface area (Å²) in [4.78, 5) is 16.1. The Morgan fingerprint density at radius 2 is 1.90 bits per heavy atom. The highest BCUT2D eigenvalue weighted by Gasteiger charge is 2.34. The van der Waals surface area contributed by atoms with Gasteiger partial charge >= 0.3 is 0 Å². The van der Waals surface area contributed by atoms with Gasteiger partial charge in [0, 0.05) is 32.0 Å². The number of para-hydroxylation sites is 2. The SMILES string of the molecule is O[C@@H]1CC(Cn2ccnc2)C[C@H]1Nc1nc2ccccc2nc1N1CCOCC1. The fourth-order valence-corrected chi connectivity index (χ4v) is 4.37. The van der Waals surface area contributed by atoms with Crippen LogP contribution in [0.15, 0.2) is 43.0 Å². The first-order valence-corrected chi connectivity index (χ1v) is 10.3. The van der Waals surface area contributed by atoms with E-state index in [1.807, 2.05) is 36.8 Å². The zero-order valence-corrected chi connectivity index (χ0v) is 16.3. The predicted molar refractivity (Wildman–Crippen MR) is 111 cm³/mol. The smallest absolute Gasteiger partial charge is 0.172 e. The molecule has 2 aliphatic rings. The maximum atomic E-state index is 10.7. The van der Waals surface area contributed by atoms with E-state index in [0.717, 1.165) is 55.1 Å². The number of nitrogens with zero attached hydrogens (tertiary/aromatic N) is 5. The highest BCUT2D eigenvalue weighted by molar-refractivity contribution is 5.80. The van der Waals surface area contributed by atoms with Crippen LogP contribution in [0.4, 0.5) is 11.6 Å². The van der Waals surface area contributed by atoms with E-state index in [2.05, 4.69) is 19.8 Å². The first kappa shape index (κ1) is 18.3. The van der Waals surface area contributed by atoms with Crippen molar-refractivity contribution in [1.29, 1.82) is 0 Å². The molecule has 1 unspecified atom stereocenters. The number of nitrogens with one attached hydrogen (secondary N) is 1. The van der Waals surface area contributed by atoms with Crippen LogP contribution in [0.3, 0.4) is 0 Å². The van der Waals surface area contributed by atoms with Crippen LogP contribution >= 0.6 is 0 Å². The molecule has 0 spiro atoms. The number of fused-ring (bicyclic) bond motifs is 1. The number of aromatic nitrogens is 4. The van der Waals surface area contributed by atoms with Crippen molar-refractivity contribution in [1.82, 2.24) is 19.5 Å². The Hall–Kier alpha value is -2.71. The van der Waals surface area contributed by atoms with Gasteiger partial charge in [-0.15, -0.1) is 0 Å². The number of hydrogen-bond acceptors (Lipinski definition) is 7. The van der Waals surface area contributed by atoms with Crippen LogP contribution in [0.5, 0.6) is 0 Å². The Morgan fingerprint density at radius 3 is 2.66 bits per heavy atom. The largest absolute Gasteiger partial charge is 0.391 e. The van der Waals surface area contributed by atoms with Crippen molar-refractivity contribution in [3.05, 3.63) is 43.0 Å². The van der Waals surface area contributed by atoms with Crippen molar-refractivity contribution in [3.63, 3.8) is 0 Å². The number of benzene rings is 1. The summed E-state index contributed by atoms with van der Waals surface area (Å²) in [6, 6.07) is 7.87. The minimum absolute atomic E-state index is 0.0428. The highest BCUT2D eigenvalue weighted by atomic mass is 16.5. The number of aliphatic hydroxyl groups excluding tert-OH is 1. The third-order valence-electron chi connectivity index (χ3n) is 5.84. The standard InChI is InChI=1S/C21H26N6O2/c28-19-12-15(13-26-6-5-22-14-26)11-18(19)24-20-21(27-7-9-29-10-8-27)25-17-4-2-1-3-16(17)23-20/h1-6,14-15,18-19,28H,7-13H2,(H,23,24)/t15?,18-,19-/m1/s1. The number of hydrogen-bond donors (Lipinski definition) is 2. The Morgan fingerprint density at radius 1 is 1.10 bits per heavy atom. The van der Waals surface area contributed by atoms with Gasteiger partial charge in [-0.25, -0.2) is 15.0 Å². The van der Waals surface area contributed by atoms with Gasteiger partial charge < -0.3 is 24.6 Å². The molecule has 8 nitrogen and oxygen atoms in total. The van der Waals surface area contributed by atoms with Gasteiger partial charge in [0.2, 0.25) is 0 Å². The molecule has 0 amide bonds. The van der Waals surface area contributed by atoms with Crippen LogP contribution in [0, 0.1) is 5.92 Å². The van der Waals surface area contributed by atoms with Gasteiger partial charge in [-0.05, 0) is 30.9 Å². The van der Waals surface area contributed by atoms with Crippen molar-refractivity contribution < 1.29 is 9.84 Å². The summed E-state index contributed by atoms with van der Waals surface area (Å²) in [5.74, 6) is 1.99. The van der Waals surface area contributed by atoms with Gasteiger partial charge in [0.05, 0.1) is 42.7 Å². The lowest BCUT2D eigenvalue weighted by Crippen LogP contribution is -2.38. The fourth-order valence-electron chi connectivity index (χ4n) is 4.37. The van der Waals surface area contributed by atoms with E-state index in [1.54, 1.807) is 6.20 Å². The second-order valence-corrected chi connectivity index (χ2v) is 7.90. The van der Waals surface area contributed by atoms with Crippen molar-refractivity contribution in [3.8, 4) is 0 Å². The van der Waals surface area contributed by atoms with Gasteiger partial charge in [-0.3, -0.25) is 0 Å². The maximum absolute atomic E-state index is 10.7. The van der Waals surface area contributed by atoms with Crippen molar-refractivity contribution in [2.75, 3.05) is 36.5 Å². The first-order valence-electron chi connectivity index (χ1n) is 10.3. The average Bonchev–Trinajstić information content (AvgIpc) is 3.38. The van der Waals surface area contributed by atoms with Crippen LogP contribution in [0.2, 0.25) is 0 Å². The number of rotatable bonds is 5. The lowest BCUT2D eigenvalue weighted by atomic mass is 10.1. The Labute approximate surface area is 169 Å². The molecule has 1 aliphatic carbocycles. The number of morpholine rings is 1. The van der Waals surface area contributed by atoms with Crippen LogP contribution in [0.1, 0.15) is 12.8 Å². The quantitative estimate of drug-likeness (QED) is 0.683. The summed E-state index contributed by atoms with van der Waals surface area (Å²) in [5.41, 5.74) is 1.74. The molecule has 152 valence electrons. The summed E-state index contributed by atoms with van der Waals surface area (Å²) in [7, 11) is 0. The third-order valence-corrected chi connectivity index (χ3v) is 5.84. The molecule has 0 bridgehead atoms. The number of imidazole rings is 1. The molecule has 0 radical (unpaired) electrons. The zero-order chi connectivity index (χ0) is 19.6. The molecular weight excluding hydrogens is 368 g/mol. The van der Waals surface area contributed by atoms with Crippen LogP contribution < -0.4 is 10.2 Å². The maximum Gasteiger partial charge on any atom is 0.172 e. The van der Waals surface area contributed by atoms with Crippen molar-refractivity contribution in [2.45, 2.75) is 31.5 Å². The monoisotopic (exact) mass is 394 g/mol. The molecule has 8 heteroatoms. The summed E-state index contributed by atoms with van der Waals surface area (Å²) < 4.78 is 7.58. The predicted octanol–water partition coefficient (Wildman–Crippen LogP) is 1.91. The summed E-state index contributed by atoms with van der Waals surface area (Å²) in [5, 5.41) is 14.2. The molecular formula is C21H26N6O2. The number of ether oxygens (including phenoxy) is 1. The van der Waals surface area contributed by atoms with E-state index in [9.17, 15) is 5.11 Å². The molecule has 2 aromatic heterocycles. The molecule has 1 aliphatic heterocycles. The minimum atomic E-state index is -0.408. The second-order valence-electron chi connectivity index (χ2n) is 7.90. The van der Waals surface area contributed by atoms with Gasteiger partial charge in [0.25, 0.3) is 0 Å². The van der Waals surface area contributed by atoms with E-state index in [-0.39, 0.29) is 6.04 Å². The van der Waals surface area contributed by atoms with E-state index in [4.69, 9.17) is 14.7 Å². The van der Waals surface area contributed by atoms with Gasteiger partial charge in [-0.1, -0.05) is 12.1 Å². The van der Waals surface area contributed by atoms with E-state index in [1.165, 1.54) is 0 Å². The number of aliphatic hydroxyl groups is 1. The van der Waals surface area contributed by atoms with E-state index >= 15 is 0 Å². The molecule has 2 N–H and O–H groups in total. The third kappa shape index (κ3) is 3.90. The Kier molecular flexibility index (Phi) is 5.03. The summed E-state index contributed by atoms with van der Waals surface area (Å²) in [6.07, 6.45) is 6.84. The lowest BCUT2D eigenvalue weighted by molar-refractivity contribution is 0.122. The first-order chi connectivity index (χ1) is 14.3. The number of anilines is 2. The van der Waals surface area contributed by atoms with E-state index < -0.39 is 6.10 Å². The lowest BCUT2D eigenvalue weighted by Gasteiger charge is -2.30. The summed E-state index contributed by atoms with van der Waals surface area (Å²) >= 11 is 0. The van der Waals surface area contributed by atoms with Crippen molar-refractivity contribution >= 4 is 22.7 Å². The molecule has 2 fully saturated rings. The van der Waals surface area contributed by atoms with Crippen LogP contribution in [-0.4, -0.2) is 63.1 Å². The Balaban J connectivity index is 1.39. The normalized spacial score (nSPS) is 24.9. The topological polar surface area (TPSA) is 88.3 Å². The van der Waals surface area contributed by atoms with Gasteiger partial charge in [0.1, 0.15) is 0 Å². The van der Waals surface area contributed by atoms with Crippen molar-refractivity contribution in [2.24, 2.45) is 5.92 Å². The molecule has 1 saturated heterocycles. The Bertz CT molecular complexity index is 957. The molecule has 1 saturated carbocycles. The molecule has 3 aromatic rings. The van der Waals surface area contributed by atoms with E-state index in [0.29, 0.717) is 19.1 Å². The van der Waals surface area contributed by atoms with Gasteiger partial charge in [-0.2, -0.15) is 0 Å². The summed E-state index contributed by atoms with van der Waals surface area (Å²) in [6.45, 7) is 3.82. The molecule has 3 atom stereocenters. The fraction of sp³-hybridized carbons (Fsp3) is 0.476. The zero-order valence-electron chi connectivity index (χ0n) is 16.3. The molecule has 3 heterocycles. The highest BCUT2D eigenvalue weighted by Crippen LogP contribution is 2.33.